The quantitative estimate of drug-likeness (QED) is 0.679. The third-order valence-electron chi connectivity index (χ3n) is 5.77. The average molecular weight is 427 g/mol. The van der Waals surface area contributed by atoms with Crippen molar-refractivity contribution in [2.75, 3.05) is 11.5 Å². The van der Waals surface area contributed by atoms with Crippen LogP contribution < -0.4 is 10.2 Å². The van der Waals surface area contributed by atoms with Gasteiger partial charge >= 0.3 is 12.1 Å². The minimum absolute atomic E-state index is 0.0520. The standard InChI is InChI=1S/C24H30N2O5/c1-5-30-23(28)19-11-12-21-20(13-19)22(15(2)16(3)26(21)17(4)27)25-24(29)31-14-18-9-7-6-8-10-18/h6-13,15-17,22,27H,5,14H2,1-4H3,(H,25,29)/t15-,16-,17?,22+/m0/s1. The predicted molar refractivity (Wildman–Crippen MR) is 118 cm³/mol. The monoisotopic (exact) mass is 426 g/mol. The van der Waals surface area contributed by atoms with Crippen LogP contribution in [0.1, 0.15) is 55.2 Å². The molecule has 1 amide bonds. The van der Waals surface area contributed by atoms with E-state index in [9.17, 15) is 14.7 Å². The molecule has 1 aliphatic rings. The molecule has 7 heteroatoms. The van der Waals surface area contributed by atoms with Crippen molar-refractivity contribution in [3.63, 3.8) is 0 Å². The van der Waals surface area contributed by atoms with E-state index in [0.717, 1.165) is 16.8 Å². The van der Waals surface area contributed by atoms with Crippen molar-refractivity contribution in [2.45, 2.75) is 52.6 Å². The number of anilines is 1. The number of ether oxygens (including phenoxy) is 2. The second-order valence-electron chi connectivity index (χ2n) is 7.82. The van der Waals surface area contributed by atoms with Gasteiger partial charge in [0, 0.05) is 17.6 Å². The lowest BCUT2D eigenvalue weighted by Gasteiger charge is -2.46. The van der Waals surface area contributed by atoms with Crippen LogP contribution >= 0.6 is 0 Å². The lowest BCUT2D eigenvalue weighted by atomic mass is 9.82. The maximum Gasteiger partial charge on any atom is 0.407 e. The first-order valence-electron chi connectivity index (χ1n) is 10.6. The van der Waals surface area contributed by atoms with Gasteiger partial charge in [-0.25, -0.2) is 9.59 Å². The number of hydrogen-bond acceptors (Lipinski definition) is 6. The Morgan fingerprint density at radius 3 is 2.48 bits per heavy atom. The zero-order valence-corrected chi connectivity index (χ0v) is 18.4. The number of hydrogen-bond donors (Lipinski definition) is 2. The van der Waals surface area contributed by atoms with Gasteiger partial charge in [-0.2, -0.15) is 0 Å². The van der Waals surface area contributed by atoms with Crippen molar-refractivity contribution in [3.05, 3.63) is 65.2 Å². The molecule has 0 aliphatic carbocycles. The number of carbonyl (C=O) groups excluding carboxylic acids is 2. The normalized spacial score (nSPS) is 21.1. The maximum absolute atomic E-state index is 12.6. The van der Waals surface area contributed by atoms with Crippen LogP contribution in [0.15, 0.2) is 48.5 Å². The second kappa shape index (κ2) is 9.83. The van der Waals surface area contributed by atoms with Crippen molar-refractivity contribution >= 4 is 17.7 Å². The van der Waals surface area contributed by atoms with E-state index < -0.39 is 24.3 Å². The molecule has 0 aromatic heterocycles. The Kier molecular flexibility index (Phi) is 7.17. The van der Waals surface area contributed by atoms with Crippen LogP contribution in [0.2, 0.25) is 0 Å². The minimum Gasteiger partial charge on any atom is -0.462 e. The van der Waals surface area contributed by atoms with E-state index >= 15 is 0 Å². The van der Waals surface area contributed by atoms with Crippen LogP contribution in [0.4, 0.5) is 10.5 Å². The topological polar surface area (TPSA) is 88.1 Å². The van der Waals surface area contributed by atoms with Crippen LogP contribution in [-0.2, 0) is 16.1 Å². The van der Waals surface area contributed by atoms with E-state index in [0.29, 0.717) is 5.56 Å². The Balaban J connectivity index is 1.88. The van der Waals surface area contributed by atoms with Gasteiger partial charge in [-0.3, -0.25) is 0 Å². The number of fused-ring (bicyclic) bond motifs is 1. The fourth-order valence-electron chi connectivity index (χ4n) is 4.06. The highest BCUT2D eigenvalue weighted by Gasteiger charge is 2.39. The lowest BCUT2D eigenvalue weighted by molar-refractivity contribution is 0.0526. The van der Waals surface area contributed by atoms with E-state index in [2.05, 4.69) is 5.32 Å². The SMILES string of the molecule is CCOC(=O)c1ccc2c(c1)[C@H](NC(=O)OCc1ccccc1)[C@@H](C)[C@H](C)N2C(C)O. The second-order valence-corrected chi connectivity index (χ2v) is 7.82. The van der Waals surface area contributed by atoms with E-state index in [1.54, 1.807) is 32.0 Å². The highest BCUT2D eigenvalue weighted by Crippen LogP contribution is 2.42. The molecule has 31 heavy (non-hydrogen) atoms. The van der Waals surface area contributed by atoms with Gasteiger partial charge in [-0.15, -0.1) is 0 Å². The zero-order chi connectivity index (χ0) is 22.5. The van der Waals surface area contributed by atoms with Crippen LogP contribution in [-0.4, -0.2) is 36.0 Å². The first-order chi connectivity index (χ1) is 14.8. The lowest BCUT2D eigenvalue weighted by Crippen LogP contribution is -2.52. The molecule has 4 atom stereocenters. The summed E-state index contributed by atoms with van der Waals surface area (Å²) in [5.74, 6) is -0.477. The number of carbonyl (C=O) groups is 2. The molecule has 0 saturated carbocycles. The van der Waals surface area contributed by atoms with Crippen molar-refractivity contribution in [1.29, 1.82) is 0 Å². The summed E-state index contributed by atoms with van der Waals surface area (Å²) in [6.45, 7) is 7.90. The Labute approximate surface area is 183 Å². The number of nitrogens with zero attached hydrogens (tertiary/aromatic N) is 1. The molecule has 0 bridgehead atoms. The summed E-state index contributed by atoms with van der Waals surface area (Å²) < 4.78 is 10.5. The molecular weight excluding hydrogens is 396 g/mol. The van der Waals surface area contributed by atoms with E-state index in [1.807, 2.05) is 49.1 Å². The highest BCUT2D eigenvalue weighted by molar-refractivity contribution is 5.90. The van der Waals surface area contributed by atoms with Gasteiger partial charge in [0.05, 0.1) is 18.2 Å². The molecule has 3 rings (SSSR count). The molecule has 2 aromatic carbocycles. The average Bonchev–Trinajstić information content (AvgIpc) is 2.76. The Morgan fingerprint density at radius 2 is 1.84 bits per heavy atom. The molecule has 0 saturated heterocycles. The molecule has 2 aromatic rings. The molecule has 2 N–H and O–H groups in total. The van der Waals surface area contributed by atoms with Gasteiger partial charge in [-0.1, -0.05) is 37.3 Å². The summed E-state index contributed by atoms with van der Waals surface area (Å²) in [7, 11) is 0. The Bertz CT molecular complexity index is 915. The number of esters is 1. The molecule has 7 nitrogen and oxygen atoms in total. The summed E-state index contributed by atoms with van der Waals surface area (Å²) in [6.07, 6.45) is -1.26. The maximum atomic E-state index is 12.6. The number of aliphatic hydroxyl groups excluding tert-OH is 1. The number of benzene rings is 2. The first kappa shape index (κ1) is 22.6. The van der Waals surface area contributed by atoms with Crippen molar-refractivity contribution < 1.29 is 24.2 Å². The molecule has 0 radical (unpaired) electrons. The molecule has 1 aliphatic heterocycles. The van der Waals surface area contributed by atoms with E-state index in [-0.39, 0.29) is 25.2 Å². The first-order valence-corrected chi connectivity index (χ1v) is 10.6. The summed E-state index contributed by atoms with van der Waals surface area (Å²) >= 11 is 0. The summed E-state index contributed by atoms with van der Waals surface area (Å²) in [5.41, 5.74) is 2.81. The number of rotatable bonds is 6. The smallest absolute Gasteiger partial charge is 0.407 e. The third kappa shape index (κ3) is 4.99. The Hall–Kier alpha value is -3.06. The van der Waals surface area contributed by atoms with Crippen LogP contribution in [0.25, 0.3) is 0 Å². The van der Waals surface area contributed by atoms with Crippen LogP contribution in [0, 0.1) is 5.92 Å². The largest absolute Gasteiger partial charge is 0.462 e. The van der Waals surface area contributed by atoms with Crippen molar-refractivity contribution in [3.8, 4) is 0 Å². The number of amides is 1. The summed E-state index contributed by atoms with van der Waals surface area (Å²) in [4.78, 5) is 26.8. The van der Waals surface area contributed by atoms with Gasteiger partial charge in [-0.05, 0) is 50.1 Å². The zero-order valence-electron chi connectivity index (χ0n) is 18.4. The van der Waals surface area contributed by atoms with Gasteiger partial charge in [0.1, 0.15) is 12.8 Å². The summed E-state index contributed by atoms with van der Waals surface area (Å²) in [6, 6.07) is 14.2. The molecule has 1 unspecified atom stereocenters. The summed E-state index contributed by atoms with van der Waals surface area (Å²) in [5, 5.41) is 13.3. The molecule has 0 fully saturated rings. The predicted octanol–water partition coefficient (Wildman–Crippen LogP) is 4.01. The molecule has 0 spiro atoms. The van der Waals surface area contributed by atoms with Crippen LogP contribution in [0.3, 0.4) is 0 Å². The minimum atomic E-state index is -0.726. The van der Waals surface area contributed by atoms with Gasteiger partial charge in [0.2, 0.25) is 0 Å². The van der Waals surface area contributed by atoms with E-state index in [1.165, 1.54) is 0 Å². The van der Waals surface area contributed by atoms with Crippen molar-refractivity contribution in [2.24, 2.45) is 5.92 Å². The number of alkyl carbamates (subject to hydrolysis) is 1. The Morgan fingerprint density at radius 1 is 1.13 bits per heavy atom. The fourth-order valence-corrected chi connectivity index (χ4v) is 4.06. The van der Waals surface area contributed by atoms with Gasteiger partial charge < -0.3 is 24.8 Å². The van der Waals surface area contributed by atoms with Gasteiger partial charge in [0.15, 0.2) is 0 Å². The number of aliphatic hydroxyl groups is 1. The fraction of sp³-hybridized carbons (Fsp3) is 0.417. The van der Waals surface area contributed by atoms with Gasteiger partial charge in [0.25, 0.3) is 0 Å². The van der Waals surface area contributed by atoms with Crippen molar-refractivity contribution in [1.82, 2.24) is 5.32 Å². The highest BCUT2D eigenvalue weighted by atomic mass is 16.5. The number of nitrogens with one attached hydrogen (secondary N) is 1. The molecule has 166 valence electrons. The van der Waals surface area contributed by atoms with Crippen LogP contribution in [0.5, 0.6) is 0 Å². The molecule has 1 heterocycles. The molecular formula is C24H30N2O5. The van der Waals surface area contributed by atoms with E-state index in [4.69, 9.17) is 9.47 Å². The third-order valence-corrected chi connectivity index (χ3v) is 5.77.